The summed E-state index contributed by atoms with van der Waals surface area (Å²) in [6.45, 7) is 2.95. The van der Waals surface area contributed by atoms with Crippen LogP contribution in [-0.2, 0) is 22.6 Å². The van der Waals surface area contributed by atoms with E-state index >= 15 is 0 Å². The van der Waals surface area contributed by atoms with Gasteiger partial charge in [0.25, 0.3) is 5.91 Å². The lowest BCUT2D eigenvalue weighted by atomic mass is 10.1. The molecule has 2 heterocycles. The third kappa shape index (κ3) is 6.11. The van der Waals surface area contributed by atoms with E-state index in [0.29, 0.717) is 51.6 Å². The fraction of sp³-hybridized carbons (Fsp3) is 0.200. The number of ether oxygens (including phenoxy) is 3. The first-order valence-corrected chi connectivity index (χ1v) is 15.0. The molecule has 7 nitrogen and oxygen atoms in total. The largest absolute Gasteiger partial charge is 0.490 e. The van der Waals surface area contributed by atoms with Gasteiger partial charge in [0.2, 0.25) is 0 Å². The standard InChI is InChI=1S/C35H30Cl2N2O5/c1-22-28(18-34(40)43-20-23-8-4-3-5-9-23)29-16-24(36)12-15-31(29)39(22)35(41)27-14-13-25(17-30(27)37)42-21-26-19-38(2)32-10-6-7-11-33(32)44-26/h3-17,26H,18-21H2,1-2H3/t26-/m0/s1. The summed E-state index contributed by atoms with van der Waals surface area (Å²) in [5.74, 6) is 0.608. The number of likely N-dealkylation sites (N-methyl/N-ethyl adjacent to an activating group) is 1. The van der Waals surface area contributed by atoms with Gasteiger partial charge in [0, 0.05) is 23.2 Å². The number of nitrogens with zero attached hydrogens (tertiary/aromatic N) is 2. The molecule has 5 aromatic rings. The van der Waals surface area contributed by atoms with Crippen molar-refractivity contribution in [2.24, 2.45) is 0 Å². The highest BCUT2D eigenvalue weighted by molar-refractivity contribution is 6.34. The van der Waals surface area contributed by atoms with Gasteiger partial charge in [-0.2, -0.15) is 0 Å². The second-order valence-corrected chi connectivity index (χ2v) is 11.6. The molecule has 0 N–H and O–H groups in total. The van der Waals surface area contributed by atoms with E-state index in [1.165, 1.54) is 0 Å². The van der Waals surface area contributed by atoms with Crippen molar-refractivity contribution in [3.63, 3.8) is 0 Å². The van der Waals surface area contributed by atoms with Gasteiger partial charge in [0.05, 0.1) is 34.8 Å². The number of carbonyl (C=O) groups is 2. The summed E-state index contributed by atoms with van der Waals surface area (Å²) in [7, 11) is 2.02. The van der Waals surface area contributed by atoms with Crippen molar-refractivity contribution in [1.82, 2.24) is 4.57 Å². The number of aromatic nitrogens is 1. The Hall–Kier alpha value is -4.46. The number of hydrogen-bond donors (Lipinski definition) is 0. The van der Waals surface area contributed by atoms with Crippen LogP contribution in [0.25, 0.3) is 10.9 Å². The Bertz CT molecular complexity index is 1850. The van der Waals surface area contributed by atoms with Crippen LogP contribution >= 0.6 is 23.2 Å². The maximum Gasteiger partial charge on any atom is 0.310 e. The third-order valence-electron chi connectivity index (χ3n) is 7.72. The summed E-state index contributed by atoms with van der Waals surface area (Å²) < 4.78 is 19.2. The molecule has 1 aliphatic heterocycles. The number of rotatable bonds is 8. The monoisotopic (exact) mass is 628 g/mol. The van der Waals surface area contributed by atoms with Crippen molar-refractivity contribution < 1.29 is 23.8 Å². The van der Waals surface area contributed by atoms with E-state index in [9.17, 15) is 9.59 Å². The van der Waals surface area contributed by atoms with E-state index in [4.69, 9.17) is 37.4 Å². The van der Waals surface area contributed by atoms with Gasteiger partial charge in [-0.15, -0.1) is 0 Å². The van der Waals surface area contributed by atoms with Crippen LogP contribution in [0.2, 0.25) is 10.0 Å². The Morgan fingerprint density at radius 1 is 0.955 bits per heavy atom. The molecule has 9 heteroatoms. The number of benzene rings is 4. The average Bonchev–Trinajstić information content (AvgIpc) is 3.29. The highest BCUT2D eigenvalue weighted by Crippen LogP contribution is 2.34. The maximum atomic E-state index is 13.9. The predicted octanol–water partition coefficient (Wildman–Crippen LogP) is 7.51. The summed E-state index contributed by atoms with van der Waals surface area (Å²) in [4.78, 5) is 28.9. The van der Waals surface area contributed by atoms with Crippen molar-refractivity contribution in [2.75, 3.05) is 25.1 Å². The van der Waals surface area contributed by atoms with Gasteiger partial charge in [0.15, 0.2) is 0 Å². The minimum atomic E-state index is -0.403. The molecule has 1 aliphatic rings. The topological polar surface area (TPSA) is 70.0 Å². The van der Waals surface area contributed by atoms with Crippen molar-refractivity contribution in [3.8, 4) is 11.5 Å². The quantitative estimate of drug-likeness (QED) is 0.166. The Morgan fingerprint density at radius 3 is 2.52 bits per heavy atom. The van der Waals surface area contributed by atoms with Crippen molar-refractivity contribution >= 4 is 51.7 Å². The fourth-order valence-corrected chi connectivity index (χ4v) is 5.95. The van der Waals surface area contributed by atoms with Crippen LogP contribution in [-0.4, -0.2) is 42.7 Å². The van der Waals surface area contributed by atoms with Gasteiger partial charge in [-0.3, -0.25) is 14.2 Å². The van der Waals surface area contributed by atoms with E-state index in [1.807, 2.05) is 61.6 Å². The molecule has 0 unspecified atom stereocenters. The van der Waals surface area contributed by atoms with Crippen LogP contribution in [0.3, 0.4) is 0 Å². The van der Waals surface area contributed by atoms with E-state index in [0.717, 1.165) is 17.0 Å². The van der Waals surface area contributed by atoms with Gasteiger partial charge in [-0.25, -0.2) is 0 Å². The first-order chi connectivity index (χ1) is 21.3. The lowest BCUT2D eigenvalue weighted by Crippen LogP contribution is -2.41. The van der Waals surface area contributed by atoms with Crippen molar-refractivity contribution in [2.45, 2.75) is 26.1 Å². The van der Waals surface area contributed by atoms with Gasteiger partial charge in [-0.1, -0.05) is 65.7 Å². The van der Waals surface area contributed by atoms with E-state index in [2.05, 4.69) is 4.90 Å². The molecule has 0 fully saturated rings. The van der Waals surface area contributed by atoms with Crippen LogP contribution in [0.5, 0.6) is 11.5 Å². The maximum absolute atomic E-state index is 13.9. The number of esters is 1. The molecule has 0 spiro atoms. The Labute approximate surface area is 265 Å². The Kier molecular flexibility index (Phi) is 8.51. The number of anilines is 1. The average molecular weight is 630 g/mol. The molecular formula is C35H30Cl2N2O5. The molecule has 0 aliphatic carbocycles. The summed E-state index contributed by atoms with van der Waals surface area (Å²) in [6, 6.07) is 27.6. The molecule has 0 saturated carbocycles. The first-order valence-electron chi connectivity index (χ1n) is 14.2. The van der Waals surface area contributed by atoms with E-state index in [-0.39, 0.29) is 30.1 Å². The number of carbonyl (C=O) groups excluding carboxylic acids is 2. The molecule has 0 bridgehead atoms. The summed E-state index contributed by atoms with van der Waals surface area (Å²) >= 11 is 13.0. The van der Waals surface area contributed by atoms with E-state index < -0.39 is 5.97 Å². The minimum Gasteiger partial charge on any atom is -0.490 e. The van der Waals surface area contributed by atoms with E-state index in [1.54, 1.807) is 47.9 Å². The zero-order valence-electron chi connectivity index (χ0n) is 24.3. The molecule has 0 amide bonds. The second-order valence-electron chi connectivity index (χ2n) is 10.7. The third-order valence-corrected chi connectivity index (χ3v) is 8.27. The van der Waals surface area contributed by atoms with Crippen LogP contribution in [0.4, 0.5) is 5.69 Å². The molecule has 0 radical (unpaired) electrons. The lowest BCUT2D eigenvalue weighted by Gasteiger charge is -2.33. The number of fused-ring (bicyclic) bond motifs is 2. The lowest BCUT2D eigenvalue weighted by molar-refractivity contribution is -0.144. The van der Waals surface area contributed by atoms with Gasteiger partial charge >= 0.3 is 5.97 Å². The number of halogens is 2. The molecule has 44 heavy (non-hydrogen) atoms. The molecule has 1 aromatic heterocycles. The van der Waals surface area contributed by atoms with Crippen molar-refractivity contribution in [3.05, 3.63) is 123 Å². The normalized spacial score (nSPS) is 14.2. The molecule has 1 atom stereocenters. The number of para-hydroxylation sites is 2. The van der Waals surface area contributed by atoms with Crippen LogP contribution in [0, 0.1) is 6.92 Å². The summed E-state index contributed by atoms with van der Waals surface area (Å²) in [5.41, 5.74) is 4.14. The fourth-order valence-electron chi connectivity index (χ4n) is 5.52. The summed E-state index contributed by atoms with van der Waals surface area (Å²) in [5, 5.41) is 1.45. The molecule has 4 aromatic carbocycles. The smallest absolute Gasteiger partial charge is 0.310 e. The minimum absolute atomic E-state index is 0.0147. The highest BCUT2D eigenvalue weighted by Gasteiger charge is 2.25. The molecular weight excluding hydrogens is 599 g/mol. The molecule has 0 saturated heterocycles. The Balaban J connectivity index is 1.20. The van der Waals surface area contributed by atoms with Crippen LogP contribution in [0.15, 0.2) is 91.0 Å². The first kappa shape index (κ1) is 29.6. The molecule has 224 valence electrons. The Morgan fingerprint density at radius 2 is 1.73 bits per heavy atom. The van der Waals surface area contributed by atoms with Gasteiger partial charge in [0.1, 0.15) is 30.8 Å². The predicted molar refractivity (Wildman–Crippen MR) is 172 cm³/mol. The second kappa shape index (κ2) is 12.6. The molecule has 6 rings (SSSR count). The number of hydrogen-bond acceptors (Lipinski definition) is 6. The van der Waals surface area contributed by atoms with Gasteiger partial charge < -0.3 is 19.1 Å². The van der Waals surface area contributed by atoms with Crippen LogP contribution in [0.1, 0.15) is 27.2 Å². The summed E-state index contributed by atoms with van der Waals surface area (Å²) in [6.07, 6.45) is -0.187. The van der Waals surface area contributed by atoms with Crippen molar-refractivity contribution in [1.29, 1.82) is 0 Å². The highest BCUT2D eigenvalue weighted by atomic mass is 35.5. The SMILES string of the molecule is Cc1c(CC(=O)OCc2ccccc2)c2cc(Cl)ccc2n1C(=O)c1ccc(OC[C@@H]2CN(C)c3ccccc3O2)cc1Cl. The van der Waals surface area contributed by atoms with Crippen LogP contribution < -0.4 is 14.4 Å². The van der Waals surface area contributed by atoms with Gasteiger partial charge in [-0.05, 0) is 66.6 Å². The zero-order chi connectivity index (χ0) is 30.8. The zero-order valence-corrected chi connectivity index (χ0v) is 25.8.